The Balaban J connectivity index is 2.36. The molecule has 6 heteroatoms. The number of benzene rings is 1. The minimum Gasteiger partial charge on any atom is -0.506 e. The van der Waals surface area contributed by atoms with E-state index in [0.717, 1.165) is 25.0 Å². The topological polar surface area (TPSA) is 86.6 Å². The third-order valence-corrected chi connectivity index (χ3v) is 2.51. The molecule has 0 bridgehead atoms. The fraction of sp³-hybridized carbons (Fsp3) is 0.273. The quantitative estimate of drug-likeness (QED) is 0.699. The van der Waals surface area contributed by atoms with Crippen molar-refractivity contribution in [3.8, 4) is 5.75 Å². The number of phenolic OH excluding ortho intramolecular Hbond substituents is 1. The predicted octanol–water partition coefficient (Wildman–Crippen LogP) is 1.58. The molecule has 5 nitrogen and oxygen atoms in total. The normalized spacial score (nSPS) is 14.4. The molecule has 0 radical (unpaired) electrons. The molecule has 0 spiro atoms. The number of rotatable bonds is 3. The Bertz CT molecular complexity index is 496. The Labute approximate surface area is 95.9 Å². The first-order valence-corrected chi connectivity index (χ1v) is 5.05. The van der Waals surface area contributed by atoms with Gasteiger partial charge in [-0.25, -0.2) is 9.18 Å². The van der Waals surface area contributed by atoms with Crippen LogP contribution >= 0.6 is 0 Å². The number of hydrogen-bond acceptors (Lipinski definition) is 3. The van der Waals surface area contributed by atoms with Gasteiger partial charge in [0.25, 0.3) is 0 Å². The fourth-order valence-electron chi connectivity index (χ4n) is 1.46. The maximum Gasteiger partial charge on any atom is 0.338 e. The molecule has 1 saturated carbocycles. The summed E-state index contributed by atoms with van der Waals surface area (Å²) in [7, 11) is 0. The molecule has 0 heterocycles. The van der Waals surface area contributed by atoms with Crippen molar-refractivity contribution in [2.75, 3.05) is 5.32 Å². The summed E-state index contributed by atoms with van der Waals surface area (Å²) in [5, 5.41) is 20.6. The molecule has 1 aromatic rings. The predicted molar refractivity (Wildman–Crippen MR) is 56.4 cm³/mol. The molecule has 0 atom stereocenters. The number of carboxylic acids is 1. The van der Waals surface area contributed by atoms with Crippen LogP contribution in [-0.2, 0) is 4.79 Å². The molecule has 3 N–H and O–H groups in total. The fourth-order valence-corrected chi connectivity index (χ4v) is 1.46. The van der Waals surface area contributed by atoms with Gasteiger partial charge in [-0.05, 0) is 18.9 Å². The molecule has 1 aliphatic carbocycles. The SMILES string of the molecule is O=C(O)c1cc(F)cc(O)c1NC(=O)C1CC1. The summed E-state index contributed by atoms with van der Waals surface area (Å²) in [6, 6.07) is 1.51. The number of anilines is 1. The molecule has 1 fully saturated rings. The number of carbonyl (C=O) groups excluding carboxylic acids is 1. The van der Waals surface area contributed by atoms with Gasteiger partial charge in [-0.15, -0.1) is 0 Å². The third-order valence-electron chi connectivity index (χ3n) is 2.51. The summed E-state index contributed by atoms with van der Waals surface area (Å²) in [6.07, 6.45) is 1.49. The average molecular weight is 239 g/mol. The van der Waals surface area contributed by atoms with Gasteiger partial charge in [-0.1, -0.05) is 0 Å². The van der Waals surface area contributed by atoms with Gasteiger partial charge in [-0.3, -0.25) is 4.79 Å². The first-order valence-electron chi connectivity index (χ1n) is 5.05. The van der Waals surface area contributed by atoms with Gasteiger partial charge < -0.3 is 15.5 Å². The number of carboxylic acid groups (broad SMARTS) is 1. The largest absolute Gasteiger partial charge is 0.506 e. The summed E-state index contributed by atoms with van der Waals surface area (Å²) in [6.45, 7) is 0. The highest BCUT2D eigenvalue weighted by Gasteiger charge is 2.31. The first-order chi connectivity index (χ1) is 7.99. The highest BCUT2D eigenvalue weighted by atomic mass is 19.1. The van der Waals surface area contributed by atoms with Crippen molar-refractivity contribution in [1.29, 1.82) is 0 Å². The molecule has 90 valence electrons. The second-order valence-corrected chi connectivity index (χ2v) is 3.92. The standard InChI is InChI=1S/C11H10FNO4/c12-6-3-7(11(16)17)9(8(14)4-6)13-10(15)5-1-2-5/h3-5,14H,1-2H2,(H,13,15)(H,16,17). The van der Waals surface area contributed by atoms with E-state index in [0.29, 0.717) is 0 Å². The molecule has 1 aromatic carbocycles. The number of amides is 1. The molecular weight excluding hydrogens is 229 g/mol. The number of aromatic carboxylic acids is 1. The van der Waals surface area contributed by atoms with E-state index in [1.807, 2.05) is 0 Å². The Hall–Kier alpha value is -2.11. The highest BCUT2D eigenvalue weighted by Crippen LogP contribution is 2.34. The molecule has 17 heavy (non-hydrogen) atoms. The maximum atomic E-state index is 12.9. The van der Waals surface area contributed by atoms with Crippen LogP contribution in [0.4, 0.5) is 10.1 Å². The van der Waals surface area contributed by atoms with Gasteiger partial charge in [0, 0.05) is 12.0 Å². The lowest BCUT2D eigenvalue weighted by molar-refractivity contribution is -0.117. The summed E-state index contributed by atoms with van der Waals surface area (Å²) in [4.78, 5) is 22.3. The van der Waals surface area contributed by atoms with Crippen LogP contribution in [-0.4, -0.2) is 22.1 Å². The Morgan fingerprint density at radius 1 is 1.35 bits per heavy atom. The van der Waals surface area contributed by atoms with Crippen molar-refractivity contribution in [3.05, 3.63) is 23.5 Å². The van der Waals surface area contributed by atoms with E-state index in [4.69, 9.17) is 5.11 Å². The molecule has 0 unspecified atom stereocenters. The average Bonchev–Trinajstić information content (AvgIpc) is 3.04. The smallest absolute Gasteiger partial charge is 0.338 e. The summed E-state index contributed by atoms with van der Waals surface area (Å²) < 4.78 is 12.9. The van der Waals surface area contributed by atoms with E-state index >= 15 is 0 Å². The van der Waals surface area contributed by atoms with Crippen molar-refractivity contribution in [3.63, 3.8) is 0 Å². The summed E-state index contributed by atoms with van der Waals surface area (Å²) in [5.41, 5.74) is -0.715. The second kappa shape index (κ2) is 4.04. The molecule has 1 aliphatic rings. The van der Waals surface area contributed by atoms with Crippen molar-refractivity contribution < 1.29 is 24.2 Å². The summed E-state index contributed by atoms with van der Waals surface area (Å²) in [5.74, 6) is -3.36. The lowest BCUT2D eigenvalue weighted by atomic mass is 10.1. The molecule has 0 aromatic heterocycles. The van der Waals surface area contributed by atoms with Crippen LogP contribution in [0.15, 0.2) is 12.1 Å². The van der Waals surface area contributed by atoms with Crippen molar-refractivity contribution in [2.24, 2.45) is 5.92 Å². The van der Waals surface area contributed by atoms with Crippen LogP contribution in [0.2, 0.25) is 0 Å². The third kappa shape index (κ3) is 2.35. The number of halogens is 1. The minimum atomic E-state index is -1.41. The molecular formula is C11H10FNO4. The van der Waals surface area contributed by atoms with Crippen LogP contribution in [0.3, 0.4) is 0 Å². The number of aromatic hydroxyl groups is 1. The van der Waals surface area contributed by atoms with Gasteiger partial charge >= 0.3 is 5.97 Å². The number of phenols is 1. The van der Waals surface area contributed by atoms with Crippen LogP contribution < -0.4 is 5.32 Å². The van der Waals surface area contributed by atoms with E-state index in [-0.39, 0.29) is 17.5 Å². The van der Waals surface area contributed by atoms with Crippen molar-refractivity contribution in [2.45, 2.75) is 12.8 Å². The molecule has 0 aliphatic heterocycles. The Morgan fingerprint density at radius 2 is 2.00 bits per heavy atom. The van der Waals surface area contributed by atoms with Gasteiger partial charge in [0.2, 0.25) is 5.91 Å². The number of carbonyl (C=O) groups is 2. The minimum absolute atomic E-state index is 0.138. The van der Waals surface area contributed by atoms with E-state index in [2.05, 4.69) is 5.32 Å². The van der Waals surface area contributed by atoms with E-state index < -0.39 is 23.1 Å². The Kier molecular flexibility index (Phi) is 2.71. The zero-order valence-electron chi connectivity index (χ0n) is 8.74. The van der Waals surface area contributed by atoms with E-state index in [1.54, 1.807) is 0 Å². The highest BCUT2D eigenvalue weighted by molar-refractivity contribution is 6.03. The second-order valence-electron chi connectivity index (χ2n) is 3.92. The van der Waals surface area contributed by atoms with E-state index in [9.17, 15) is 19.1 Å². The lowest BCUT2D eigenvalue weighted by Crippen LogP contribution is -2.16. The van der Waals surface area contributed by atoms with Crippen molar-refractivity contribution in [1.82, 2.24) is 0 Å². The van der Waals surface area contributed by atoms with E-state index in [1.165, 1.54) is 0 Å². The zero-order chi connectivity index (χ0) is 12.6. The van der Waals surface area contributed by atoms with Crippen molar-refractivity contribution >= 4 is 17.6 Å². The first kappa shape index (κ1) is 11.4. The van der Waals surface area contributed by atoms with Gasteiger partial charge in [-0.2, -0.15) is 0 Å². The van der Waals surface area contributed by atoms with Gasteiger partial charge in [0.15, 0.2) is 0 Å². The van der Waals surface area contributed by atoms with Gasteiger partial charge in [0.05, 0.1) is 11.3 Å². The van der Waals surface area contributed by atoms with Crippen LogP contribution in [0.5, 0.6) is 5.75 Å². The maximum absolute atomic E-state index is 12.9. The molecule has 2 rings (SSSR count). The summed E-state index contributed by atoms with van der Waals surface area (Å²) >= 11 is 0. The molecule has 0 saturated heterocycles. The zero-order valence-corrected chi connectivity index (χ0v) is 8.74. The van der Waals surface area contributed by atoms with Crippen LogP contribution in [0.1, 0.15) is 23.2 Å². The lowest BCUT2D eigenvalue weighted by Gasteiger charge is -2.10. The Morgan fingerprint density at radius 3 is 2.53 bits per heavy atom. The number of nitrogens with one attached hydrogen (secondary N) is 1. The molecule has 1 amide bonds. The monoisotopic (exact) mass is 239 g/mol. The number of hydrogen-bond donors (Lipinski definition) is 3. The van der Waals surface area contributed by atoms with Gasteiger partial charge in [0.1, 0.15) is 11.6 Å². The van der Waals surface area contributed by atoms with Crippen LogP contribution in [0, 0.1) is 11.7 Å². The van der Waals surface area contributed by atoms with Crippen LogP contribution in [0.25, 0.3) is 0 Å².